The van der Waals surface area contributed by atoms with Gasteiger partial charge in [-0.2, -0.15) is 22.5 Å². The Morgan fingerprint density at radius 1 is 1.35 bits per heavy atom. The van der Waals surface area contributed by atoms with Gasteiger partial charge >= 0.3 is 6.18 Å². The third kappa shape index (κ3) is 3.56. The summed E-state index contributed by atoms with van der Waals surface area (Å²) in [6.45, 7) is 1.46. The van der Waals surface area contributed by atoms with Crippen LogP contribution in [0.4, 0.5) is 13.2 Å². The number of hydrogen-bond donors (Lipinski definition) is 0. The van der Waals surface area contributed by atoms with Gasteiger partial charge in [-0.1, -0.05) is 16.8 Å². The fourth-order valence-electron chi connectivity index (χ4n) is 2.52. The Balaban J connectivity index is 2.06. The lowest BCUT2D eigenvalue weighted by molar-refractivity contribution is -0.137. The van der Waals surface area contributed by atoms with Gasteiger partial charge in [-0.05, 0) is 25.1 Å². The van der Waals surface area contributed by atoms with E-state index in [4.69, 9.17) is 20.9 Å². The molecule has 2 aromatic rings. The van der Waals surface area contributed by atoms with Crippen LogP contribution in [0.1, 0.15) is 23.3 Å². The molecule has 0 N–H and O–H groups in total. The van der Waals surface area contributed by atoms with Crippen molar-refractivity contribution in [2.45, 2.75) is 24.0 Å². The maximum absolute atomic E-state index is 13.0. The molecule has 1 aromatic carbocycles. The summed E-state index contributed by atoms with van der Waals surface area (Å²) in [5.41, 5.74) is -1.11. The second kappa shape index (κ2) is 6.80. The lowest BCUT2D eigenvalue weighted by atomic mass is 10.2. The van der Waals surface area contributed by atoms with Crippen molar-refractivity contribution in [2.75, 3.05) is 19.8 Å². The largest absolute Gasteiger partial charge is 0.416 e. The van der Waals surface area contributed by atoms with Gasteiger partial charge in [-0.25, -0.2) is 8.42 Å². The second-order valence-electron chi connectivity index (χ2n) is 5.53. The zero-order valence-corrected chi connectivity index (χ0v) is 14.9. The summed E-state index contributed by atoms with van der Waals surface area (Å²) in [4.78, 5) is 3.35. The van der Waals surface area contributed by atoms with E-state index in [0.717, 1.165) is 16.4 Å². The summed E-state index contributed by atoms with van der Waals surface area (Å²) in [5, 5.41) is 3.29. The molecule has 0 radical (unpaired) electrons. The van der Waals surface area contributed by atoms with Crippen molar-refractivity contribution >= 4 is 21.6 Å². The zero-order valence-electron chi connectivity index (χ0n) is 13.3. The first kappa shape index (κ1) is 19.1. The van der Waals surface area contributed by atoms with E-state index in [9.17, 15) is 21.6 Å². The van der Waals surface area contributed by atoms with E-state index < -0.39 is 32.7 Å². The predicted octanol–water partition coefficient (Wildman–Crippen LogP) is 2.81. The zero-order chi connectivity index (χ0) is 19.1. The Kier molecular flexibility index (Phi) is 4.99. The molecule has 0 aliphatic carbocycles. The number of ether oxygens (including phenoxy) is 1. The minimum atomic E-state index is -4.71. The number of morpholine rings is 1. The van der Waals surface area contributed by atoms with Gasteiger partial charge in [0.1, 0.15) is 10.9 Å². The van der Waals surface area contributed by atoms with Crippen molar-refractivity contribution < 1.29 is 30.8 Å². The van der Waals surface area contributed by atoms with Crippen LogP contribution >= 0.6 is 11.6 Å². The molecule has 12 heteroatoms. The van der Waals surface area contributed by atoms with Crippen LogP contribution in [-0.2, 0) is 20.9 Å². The molecule has 26 heavy (non-hydrogen) atoms. The molecule has 7 nitrogen and oxygen atoms in total. The van der Waals surface area contributed by atoms with E-state index in [1.165, 1.54) is 0 Å². The molecule has 1 aliphatic heterocycles. The van der Waals surface area contributed by atoms with E-state index in [1.54, 1.807) is 6.92 Å². The van der Waals surface area contributed by atoms with Crippen LogP contribution in [0, 0.1) is 6.92 Å². The first-order valence-electron chi connectivity index (χ1n) is 7.37. The van der Waals surface area contributed by atoms with Crippen molar-refractivity contribution in [3.8, 4) is 0 Å². The average Bonchev–Trinajstić information content (AvgIpc) is 3.00. The van der Waals surface area contributed by atoms with E-state index in [0.29, 0.717) is 11.9 Å². The Bertz CT molecular complexity index is 916. The monoisotopic (exact) mass is 411 g/mol. The maximum atomic E-state index is 13.0. The van der Waals surface area contributed by atoms with Crippen molar-refractivity contribution in [2.24, 2.45) is 0 Å². The van der Waals surface area contributed by atoms with Crippen LogP contribution in [0.2, 0.25) is 5.02 Å². The van der Waals surface area contributed by atoms with Gasteiger partial charge in [0.15, 0.2) is 5.82 Å². The summed E-state index contributed by atoms with van der Waals surface area (Å²) < 4.78 is 76.2. The molecule has 1 aromatic heterocycles. The van der Waals surface area contributed by atoms with Gasteiger partial charge in [-0.3, -0.25) is 0 Å². The number of nitrogens with zero attached hydrogens (tertiary/aromatic N) is 3. The van der Waals surface area contributed by atoms with Gasteiger partial charge in [0.25, 0.3) is 0 Å². The number of sulfonamides is 1. The molecule has 1 fully saturated rings. The molecule has 1 aliphatic rings. The normalized spacial score (nSPS) is 19.7. The third-order valence-electron chi connectivity index (χ3n) is 3.75. The standard InChI is InChI=1S/C14H13ClF3N3O4S/c1-8-19-13(25-20-8)11-7-24-5-4-21(11)26(22,23)12-6-9(14(16,17)18)2-3-10(12)15/h2-3,6,11H,4-5,7H2,1H3/t11-/m0/s1. The lowest BCUT2D eigenvalue weighted by Gasteiger charge is -2.32. The highest BCUT2D eigenvalue weighted by molar-refractivity contribution is 7.89. The molecule has 0 saturated carbocycles. The summed E-state index contributed by atoms with van der Waals surface area (Å²) in [7, 11) is -4.37. The van der Waals surface area contributed by atoms with Crippen LogP contribution in [-0.4, -0.2) is 42.6 Å². The summed E-state index contributed by atoms with van der Waals surface area (Å²) in [5.74, 6) is 0.286. The minimum Gasteiger partial charge on any atom is -0.378 e. The average molecular weight is 412 g/mol. The van der Waals surface area contributed by atoms with Gasteiger partial charge in [0.2, 0.25) is 15.9 Å². The molecule has 0 spiro atoms. The van der Waals surface area contributed by atoms with Crippen molar-refractivity contribution in [3.63, 3.8) is 0 Å². The minimum absolute atomic E-state index is 0.00567. The van der Waals surface area contributed by atoms with Crippen LogP contribution in [0.3, 0.4) is 0 Å². The number of hydrogen-bond acceptors (Lipinski definition) is 6. The first-order valence-corrected chi connectivity index (χ1v) is 9.19. The second-order valence-corrected chi connectivity index (χ2v) is 7.80. The summed E-state index contributed by atoms with van der Waals surface area (Å²) in [6, 6.07) is 1.19. The molecular formula is C14H13ClF3N3O4S. The highest BCUT2D eigenvalue weighted by atomic mass is 35.5. The number of aromatic nitrogens is 2. The molecular weight excluding hydrogens is 399 g/mol. The quantitative estimate of drug-likeness (QED) is 0.772. The molecule has 142 valence electrons. The van der Waals surface area contributed by atoms with Crippen LogP contribution in [0.25, 0.3) is 0 Å². The smallest absolute Gasteiger partial charge is 0.378 e. The van der Waals surface area contributed by atoms with Crippen LogP contribution in [0.5, 0.6) is 0 Å². The molecule has 0 bridgehead atoms. The topological polar surface area (TPSA) is 85.5 Å². The molecule has 3 rings (SSSR count). The molecule has 2 heterocycles. The summed E-state index contributed by atoms with van der Waals surface area (Å²) in [6.07, 6.45) is -4.71. The van der Waals surface area contributed by atoms with E-state index in [-0.39, 0.29) is 30.7 Å². The van der Waals surface area contributed by atoms with Crippen molar-refractivity contribution in [1.82, 2.24) is 14.4 Å². The van der Waals surface area contributed by atoms with E-state index >= 15 is 0 Å². The highest BCUT2D eigenvalue weighted by Gasteiger charge is 2.40. The van der Waals surface area contributed by atoms with E-state index in [1.807, 2.05) is 0 Å². The molecule has 1 atom stereocenters. The lowest BCUT2D eigenvalue weighted by Crippen LogP contribution is -2.43. The fourth-order valence-corrected chi connectivity index (χ4v) is 4.58. The highest BCUT2D eigenvalue weighted by Crippen LogP contribution is 2.36. The van der Waals surface area contributed by atoms with E-state index in [2.05, 4.69) is 10.1 Å². The Morgan fingerprint density at radius 2 is 2.08 bits per heavy atom. The van der Waals surface area contributed by atoms with Crippen LogP contribution in [0.15, 0.2) is 27.6 Å². The van der Waals surface area contributed by atoms with Gasteiger partial charge in [0.05, 0.1) is 23.8 Å². The van der Waals surface area contributed by atoms with Crippen LogP contribution < -0.4 is 0 Å². The predicted molar refractivity (Wildman–Crippen MR) is 82.9 cm³/mol. The Labute approximate surface area is 151 Å². The SMILES string of the molecule is Cc1noc([C@@H]2COCCN2S(=O)(=O)c2cc(C(F)(F)F)ccc2Cl)n1. The molecule has 0 amide bonds. The Hall–Kier alpha value is -1.69. The van der Waals surface area contributed by atoms with Gasteiger partial charge < -0.3 is 9.26 Å². The first-order chi connectivity index (χ1) is 12.1. The van der Waals surface area contributed by atoms with Gasteiger partial charge in [-0.15, -0.1) is 0 Å². The molecule has 0 unspecified atom stereocenters. The third-order valence-corrected chi connectivity index (χ3v) is 6.14. The van der Waals surface area contributed by atoms with Crippen molar-refractivity contribution in [1.29, 1.82) is 0 Å². The number of aryl methyl sites for hydroxylation is 1. The Morgan fingerprint density at radius 3 is 2.69 bits per heavy atom. The number of alkyl halides is 3. The number of rotatable bonds is 3. The number of halogens is 4. The van der Waals surface area contributed by atoms with Gasteiger partial charge in [0, 0.05) is 6.54 Å². The molecule has 1 saturated heterocycles. The fraction of sp³-hybridized carbons (Fsp3) is 0.429. The maximum Gasteiger partial charge on any atom is 0.416 e. The summed E-state index contributed by atoms with van der Waals surface area (Å²) >= 11 is 5.89. The van der Waals surface area contributed by atoms with Crippen molar-refractivity contribution in [3.05, 3.63) is 40.5 Å². The number of benzene rings is 1.